The Bertz CT molecular complexity index is 660. The van der Waals surface area contributed by atoms with Gasteiger partial charge in [0.15, 0.2) is 6.29 Å². The van der Waals surface area contributed by atoms with Gasteiger partial charge in [0.05, 0.1) is 11.3 Å². The zero-order valence-corrected chi connectivity index (χ0v) is 15.9. The SMILES string of the molecule is C=CCCC(N=C(c1ccccc1)c1ccccc1)C(O)OC(C)(C)C. The molecule has 0 aromatic heterocycles. The summed E-state index contributed by atoms with van der Waals surface area (Å²) in [4.78, 5) is 4.93. The molecule has 0 radical (unpaired) electrons. The second-order valence-corrected chi connectivity index (χ2v) is 7.26. The highest BCUT2D eigenvalue weighted by atomic mass is 16.6. The van der Waals surface area contributed by atoms with Gasteiger partial charge in [0, 0.05) is 11.1 Å². The van der Waals surface area contributed by atoms with Crippen LogP contribution in [0.2, 0.25) is 0 Å². The van der Waals surface area contributed by atoms with Crippen LogP contribution in [0.1, 0.15) is 44.7 Å². The van der Waals surface area contributed by atoms with Gasteiger partial charge < -0.3 is 9.84 Å². The van der Waals surface area contributed by atoms with Gasteiger partial charge in [0.1, 0.15) is 6.04 Å². The van der Waals surface area contributed by atoms with Gasteiger partial charge in [-0.25, -0.2) is 0 Å². The lowest BCUT2D eigenvalue weighted by Crippen LogP contribution is -2.35. The molecule has 0 aliphatic heterocycles. The van der Waals surface area contributed by atoms with Crippen LogP contribution in [-0.4, -0.2) is 28.8 Å². The number of aliphatic hydroxyl groups is 1. The van der Waals surface area contributed by atoms with Crippen LogP contribution in [0, 0.1) is 0 Å². The first kappa shape index (κ1) is 20.1. The van der Waals surface area contributed by atoms with E-state index in [-0.39, 0.29) is 6.04 Å². The van der Waals surface area contributed by atoms with Crippen molar-refractivity contribution < 1.29 is 9.84 Å². The van der Waals surface area contributed by atoms with Crippen LogP contribution >= 0.6 is 0 Å². The van der Waals surface area contributed by atoms with Crippen molar-refractivity contribution in [3.8, 4) is 0 Å². The Balaban J connectivity index is 2.43. The molecule has 3 nitrogen and oxygen atoms in total. The number of hydrogen-bond donors (Lipinski definition) is 1. The summed E-state index contributed by atoms with van der Waals surface area (Å²) in [6, 6.07) is 19.7. The number of hydrogen-bond acceptors (Lipinski definition) is 3. The van der Waals surface area contributed by atoms with E-state index >= 15 is 0 Å². The van der Waals surface area contributed by atoms with Crippen molar-refractivity contribution in [1.82, 2.24) is 0 Å². The molecule has 0 fully saturated rings. The summed E-state index contributed by atoms with van der Waals surface area (Å²) in [7, 11) is 0. The summed E-state index contributed by atoms with van der Waals surface area (Å²) < 4.78 is 5.78. The van der Waals surface area contributed by atoms with E-state index < -0.39 is 11.9 Å². The van der Waals surface area contributed by atoms with Crippen molar-refractivity contribution in [2.75, 3.05) is 0 Å². The number of ether oxygens (including phenoxy) is 1. The lowest BCUT2D eigenvalue weighted by molar-refractivity contribution is -0.175. The number of aliphatic imine (C=N–C) groups is 1. The van der Waals surface area contributed by atoms with Crippen molar-refractivity contribution in [1.29, 1.82) is 0 Å². The summed E-state index contributed by atoms with van der Waals surface area (Å²) in [5, 5.41) is 10.7. The molecule has 0 amide bonds. The third-order valence-electron chi connectivity index (χ3n) is 3.86. The van der Waals surface area contributed by atoms with E-state index in [2.05, 4.69) is 6.58 Å². The predicted octanol–water partition coefficient (Wildman–Crippen LogP) is 4.99. The molecule has 0 spiro atoms. The number of benzene rings is 2. The van der Waals surface area contributed by atoms with E-state index in [1.807, 2.05) is 87.5 Å². The lowest BCUT2D eigenvalue weighted by Gasteiger charge is -2.28. The monoisotopic (exact) mass is 351 g/mol. The van der Waals surface area contributed by atoms with E-state index in [9.17, 15) is 5.11 Å². The lowest BCUT2D eigenvalue weighted by atomic mass is 10.0. The summed E-state index contributed by atoms with van der Waals surface area (Å²) >= 11 is 0. The molecular weight excluding hydrogens is 322 g/mol. The quantitative estimate of drug-likeness (QED) is 0.413. The molecule has 0 aliphatic rings. The largest absolute Gasteiger partial charge is 0.366 e. The Morgan fingerprint density at radius 1 is 1.04 bits per heavy atom. The van der Waals surface area contributed by atoms with Crippen LogP contribution in [0.5, 0.6) is 0 Å². The third kappa shape index (κ3) is 6.25. The Morgan fingerprint density at radius 3 is 1.96 bits per heavy atom. The van der Waals surface area contributed by atoms with Crippen LogP contribution in [0.25, 0.3) is 0 Å². The fourth-order valence-corrected chi connectivity index (χ4v) is 2.67. The Kier molecular flexibility index (Phi) is 7.31. The van der Waals surface area contributed by atoms with Gasteiger partial charge in [-0.2, -0.15) is 0 Å². The van der Waals surface area contributed by atoms with E-state index in [1.54, 1.807) is 0 Å². The first-order valence-corrected chi connectivity index (χ1v) is 9.06. The van der Waals surface area contributed by atoms with Crippen molar-refractivity contribution in [3.63, 3.8) is 0 Å². The van der Waals surface area contributed by atoms with Gasteiger partial charge in [-0.05, 0) is 33.6 Å². The Labute approximate surface area is 157 Å². The molecule has 0 aliphatic carbocycles. The van der Waals surface area contributed by atoms with Crippen LogP contribution < -0.4 is 0 Å². The van der Waals surface area contributed by atoms with Crippen LogP contribution in [0.15, 0.2) is 78.3 Å². The number of rotatable bonds is 8. The molecule has 0 saturated heterocycles. The zero-order chi connectivity index (χ0) is 19.0. The fraction of sp³-hybridized carbons (Fsp3) is 0.348. The summed E-state index contributed by atoms with van der Waals surface area (Å²) in [5.74, 6) is 0. The molecule has 2 rings (SSSR count). The third-order valence-corrected chi connectivity index (χ3v) is 3.86. The highest BCUT2D eigenvalue weighted by Crippen LogP contribution is 2.20. The van der Waals surface area contributed by atoms with Gasteiger partial charge in [-0.15, -0.1) is 6.58 Å². The van der Waals surface area contributed by atoms with Gasteiger partial charge in [-0.1, -0.05) is 66.7 Å². The zero-order valence-electron chi connectivity index (χ0n) is 15.9. The molecule has 1 N–H and O–H groups in total. The van der Waals surface area contributed by atoms with Crippen molar-refractivity contribution in [2.45, 2.75) is 51.5 Å². The van der Waals surface area contributed by atoms with E-state index in [0.717, 1.165) is 23.3 Å². The molecule has 138 valence electrons. The molecule has 26 heavy (non-hydrogen) atoms. The van der Waals surface area contributed by atoms with Crippen LogP contribution in [0.4, 0.5) is 0 Å². The van der Waals surface area contributed by atoms with E-state index in [1.165, 1.54) is 0 Å². The number of aliphatic hydroxyl groups excluding tert-OH is 1. The molecular formula is C23H29NO2. The van der Waals surface area contributed by atoms with Crippen molar-refractivity contribution in [2.24, 2.45) is 4.99 Å². The first-order chi connectivity index (χ1) is 12.4. The fourth-order valence-electron chi connectivity index (χ4n) is 2.67. The van der Waals surface area contributed by atoms with Crippen LogP contribution in [-0.2, 0) is 4.74 Å². The molecule has 2 aromatic rings. The molecule has 0 saturated carbocycles. The average molecular weight is 351 g/mol. The minimum absolute atomic E-state index is 0.373. The normalized spacial score (nSPS) is 13.7. The van der Waals surface area contributed by atoms with Gasteiger partial charge in [-0.3, -0.25) is 4.99 Å². The highest BCUT2D eigenvalue weighted by molar-refractivity contribution is 6.12. The second kappa shape index (κ2) is 9.46. The smallest absolute Gasteiger partial charge is 0.177 e. The first-order valence-electron chi connectivity index (χ1n) is 9.06. The van der Waals surface area contributed by atoms with Crippen molar-refractivity contribution >= 4 is 5.71 Å². The highest BCUT2D eigenvalue weighted by Gasteiger charge is 2.25. The summed E-state index contributed by atoms with van der Waals surface area (Å²) in [5.41, 5.74) is 2.45. The topological polar surface area (TPSA) is 41.8 Å². The number of allylic oxidation sites excluding steroid dienone is 1. The minimum Gasteiger partial charge on any atom is -0.366 e. The Hall–Kier alpha value is -2.23. The van der Waals surface area contributed by atoms with Crippen molar-refractivity contribution in [3.05, 3.63) is 84.4 Å². The molecule has 2 aromatic carbocycles. The van der Waals surface area contributed by atoms with Gasteiger partial charge >= 0.3 is 0 Å². The molecule has 2 unspecified atom stereocenters. The van der Waals surface area contributed by atoms with Crippen LogP contribution in [0.3, 0.4) is 0 Å². The molecule has 2 atom stereocenters. The minimum atomic E-state index is -0.975. The van der Waals surface area contributed by atoms with Gasteiger partial charge in [0.25, 0.3) is 0 Å². The average Bonchev–Trinajstić information content (AvgIpc) is 2.62. The number of nitrogens with zero attached hydrogens (tertiary/aromatic N) is 1. The van der Waals surface area contributed by atoms with E-state index in [0.29, 0.717) is 6.42 Å². The van der Waals surface area contributed by atoms with E-state index in [4.69, 9.17) is 9.73 Å². The maximum Gasteiger partial charge on any atom is 0.177 e. The maximum atomic E-state index is 10.7. The summed E-state index contributed by atoms with van der Waals surface area (Å²) in [6.45, 7) is 9.58. The molecule has 0 bridgehead atoms. The predicted molar refractivity (Wildman–Crippen MR) is 109 cm³/mol. The maximum absolute atomic E-state index is 10.7. The molecule has 0 heterocycles. The molecule has 3 heteroatoms. The second-order valence-electron chi connectivity index (χ2n) is 7.26. The summed E-state index contributed by atoms with van der Waals surface area (Å²) in [6.07, 6.45) is 2.30. The standard InChI is InChI=1S/C23H29NO2/c1-5-6-17-20(22(25)26-23(2,3)4)24-21(18-13-9-7-10-14-18)19-15-11-8-12-16-19/h5,7-16,20,22,25H,1,6,17H2,2-4H3. The van der Waals surface area contributed by atoms with Gasteiger partial charge in [0.2, 0.25) is 0 Å². The Morgan fingerprint density at radius 2 is 1.54 bits per heavy atom.